The van der Waals surface area contributed by atoms with E-state index in [-0.39, 0.29) is 0 Å². The van der Waals surface area contributed by atoms with E-state index in [2.05, 4.69) is 25.2 Å². The Morgan fingerprint density at radius 2 is 2.19 bits per heavy atom. The monoisotopic (exact) mass is 237 g/mol. The van der Waals surface area contributed by atoms with Crippen LogP contribution in [0.3, 0.4) is 0 Å². The number of hydrogen-bond donors (Lipinski definition) is 1. The second-order valence-corrected chi connectivity index (χ2v) is 5.47. The fourth-order valence-electron chi connectivity index (χ4n) is 2.08. The Morgan fingerprint density at radius 3 is 2.81 bits per heavy atom. The van der Waals surface area contributed by atoms with E-state index in [1.54, 1.807) is 0 Å². The molecule has 1 unspecified atom stereocenters. The van der Waals surface area contributed by atoms with Gasteiger partial charge >= 0.3 is 0 Å². The Bertz CT molecular complexity index is 358. The lowest BCUT2D eigenvalue weighted by molar-refractivity contribution is 0.487. The Balaban J connectivity index is 1.83. The maximum Gasteiger partial charge on any atom is 0.0408 e. The number of benzene rings is 1. The van der Waals surface area contributed by atoms with E-state index in [4.69, 9.17) is 11.6 Å². The van der Waals surface area contributed by atoms with E-state index in [1.165, 1.54) is 30.4 Å². The zero-order valence-electron chi connectivity index (χ0n) is 10.1. The molecule has 88 valence electrons. The maximum absolute atomic E-state index is 5.94. The highest BCUT2D eigenvalue weighted by Gasteiger charge is 2.23. The van der Waals surface area contributed by atoms with E-state index < -0.39 is 0 Å². The van der Waals surface area contributed by atoms with Crippen molar-refractivity contribution in [1.82, 2.24) is 5.32 Å². The van der Waals surface area contributed by atoms with Crippen molar-refractivity contribution in [3.63, 3.8) is 0 Å². The highest BCUT2D eigenvalue weighted by molar-refractivity contribution is 6.30. The smallest absolute Gasteiger partial charge is 0.0408 e. The molecule has 2 rings (SSSR count). The zero-order chi connectivity index (χ0) is 11.5. The van der Waals surface area contributed by atoms with E-state index in [0.29, 0.717) is 6.04 Å². The summed E-state index contributed by atoms with van der Waals surface area (Å²) in [5.74, 6) is 0.994. The highest BCUT2D eigenvalue weighted by Crippen LogP contribution is 2.33. The zero-order valence-corrected chi connectivity index (χ0v) is 10.8. The summed E-state index contributed by atoms with van der Waals surface area (Å²) >= 11 is 5.94. The van der Waals surface area contributed by atoms with Crippen molar-refractivity contribution >= 4 is 11.6 Å². The molecule has 0 radical (unpaired) electrons. The molecule has 1 saturated carbocycles. The van der Waals surface area contributed by atoms with Gasteiger partial charge in [0.1, 0.15) is 0 Å². The third kappa shape index (κ3) is 3.50. The highest BCUT2D eigenvalue weighted by atomic mass is 35.5. The Hall–Kier alpha value is -0.530. The number of hydrogen-bond acceptors (Lipinski definition) is 1. The average molecular weight is 238 g/mol. The summed E-state index contributed by atoms with van der Waals surface area (Å²) in [5.41, 5.74) is 2.63. The first-order valence-corrected chi connectivity index (χ1v) is 6.51. The summed E-state index contributed by atoms with van der Waals surface area (Å²) in [7, 11) is 0. The molecule has 1 aliphatic carbocycles. The number of aryl methyl sites for hydroxylation is 1. The lowest BCUT2D eigenvalue weighted by atomic mass is 10.1. The Labute approximate surface area is 103 Å². The normalized spacial score (nSPS) is 17.4. The van der Waals surface area contributed by atoms with Crippen molar-refractivity contribution in [1.29, 1.82) is 0 Å². The maximum atomic E-state index is 5.94. The first kappa shape index (κ1) is 11.9. The molecule has 0 saturated heterocycles. The lowest BCUT2D eigenvalue weighted by Crippen LogP contribution is -2.26. The summed E-state index contributed by atoms with van der Waals surface area (Å²) in [5, 5.41) is 4.41. The molecule has 0 aromatic heterocycles. The van der Waals surface area contributed by atoms with Crippen LogP contribution >= 0.6 is 11.6 Å². The molecule has 0 bridgehead atoms. The largest absolute Gasteiger partial charge is 0.310 e. The summed E-state index contributed by atoms with van der Waals surface area (Å²) < 4.78 is 0. The van der Waals surface area contributed by atoms with Crippen LogP contribution in [0.5, 0.6) is 0 Å². The van der Waals surface area contributed by atoms with E-state index in [9.17, 15) is 0 Å². The molecule has 1 aliphatic rings. The molecule has 1 atom stereocenters. The van der Waals surface area contributed by atoms with Crippen LogP contribution in [0.15, 0.2) is 18.2 Å². The molecule has 1 fully saturated rings. The minimum absolute atomic E-state index is 0.627. The predicted molar refractivity (Wildman–Crippen MR) is 69.8 cm³/mol. The first-order valence-electron chi connectivity index (χ1n) is 6.13. The van der Waals surface area contributed by atoms with Gasteiger partial charge in [0, 0.05) is 17.6 Å². The van der Waals surface area contributed by atoms with Gasteiger partial charge in [0.2, 0.25) is 0 Å². The van der Waals surface area contributed by atoms with Gasteiger partial charge in [-0.25, -0.2) is 0 Å². The fraction of sp³-hybridized carbons (Fsp3) is 0.571. The van der Waals surface area contributed by atoms with Crippen LogP contribution in [0.1, 0.15) is 37.3 Å². The molecule has 16 heavy (non-hydrogen) atoms. The van der Waals surface area contributed by atoms with Gasteiger partial charge in [0.15, 0.2) is 0 Å². The fourth-order valence-corrected chi connectivity index (χ4v) is 2.31. The van der Waals surface area contributed by atoms with Crippen LogP contribution in [-0.4, -0.2) is 6.04 Å². The Morgan fingerprint density at radius 1 is 1.44 bits per heavy atom. The number of rotatable bonds is 5. The topological polar surface area (TPSA) is 12.0 Å². The quantitative estimate of drug-likeness (QED) is 0.819. The van der Waals surface area contributed by atoms with E-state index in [1.807, 2.05) is 12.1 Å². The molecule has 1 nitrogen and oxygen atoms in total. The third-order valence-corrected chi connectivity index (χ3v) is 3.56. The van der Waals surface area contributed by atoms with Crippen molar-refractivity contribution in [3.8, 4) is 0 Å². The number of nitrogens with one attached hydrogen (secondary N) is 1. The van der Waals surface area contributed by atoms with Crippen molar-refractivity contribution in [2.45, 2.75) is 45.7 Å². The van der Waals surface area contributed by atoms with Gasteiger partial charge in [0.05, 0.1) is 0 Å². The molecule has 0 aliphatic heterocycles. The van der Waals surface area contributed by atoms with Gasteiger partial charge < -0.3 is 5.32 Å². The van der Waals surface area contributed by atoms with Gasteiger partial charge in [-0.15, -0.1) is 0 Å². The van der Waals surface area contributed by atoms with Gasteiger partial charge in [-0.05, 0) is 49.4 Å². The third-order valence-electron chi connectivity index (χ3n) is 3.33. The second-order valence-electron chi connectivity index (χ2n) is 5.03. The van der Waals surface area contributed by atoms with Crippen molar-refractivity contribution in [3.05, 3.63) is 34.3 Å². The summed E-state index contributed by atoms with van der Waals surface area (Å²) in [6.45, 7) is 5.36. The average Bonchev–Trinajstić information content (AvgIpc) is 3.00. The van der Waals surface area contributed by atoms with Crippen molar-refractivity contribution in [2.75, 3.05) is 0 Å². The minimum atomic E-state index is 0.627. The molecule has 0 amide bonds. The van der Waals surface area contributed by atoms with Crippen LogP contribution in [0.4, 0.5) is 0 Å². The molecule has 1 aromatic rings. The second kappa shape index (κ2) is 5.20. The predicted octanol–water partition coefficient (Wildman–Crippen LogP) is 3.93. The lowest BCUT2D eigenvalue weighted by Gasteiger charge is -2.14. The van der Waals surface area contributed by atoms with Crippen LogP contribution < -0.4 is 5.32 Å². The standard InChI is InChI=1S/C14H20ClN/c1-10-7-14(15)6-5-13(10)9-16-11(2)8-12-3-4-12/h5-7,11-12,16H,3-4,8-9H2,1-2H3. The molecule has 2 heteroatoms. The van der Waals surface area contributed by atoms with E-state index in [0.717, 1.165) is 17.5 Å². The number of halogens is 1. The molecule has 1 aromatic carbocycles. The van der Waals surface area contributed by atoms with Gasteiger partial charge in [0.25, 0.3) is 0 Å². The first-order chi connectivity index (χ1) is 7.65. The SMILES string of the molecule is Cc1cc(Cl)ccc1CNC(C)CC1CC1. The Kier molecular flexibility index (Phi) is 3.88. The molecule has 1 N–H and O–H groups in total. The van der Waals surface area contributed by atoms with Crippen LogP contribution in [0.25, 0.3) is 0 Å². The van der Waals surface area contributed by atoms with Gasteiger partial charge in [-0.3, -0.25) is 0 Å². The van der Waals surface area contributed by atoms with E-state index >= 15 is 0 Å². The van der Waals surface area contributed by atoms with Gasteiger partial charge in [-0.1, -0.05) is 30.5 Å². The summed E-state index contributed by atoms with van der Waals surface area (Å²) in [4.78, 5) is 0. The van der Waals surface area contributed by atoms with Crippen molar-refractivity contribution in [2.24, 2.45) is 5.92 Å². The molecular formula is C14H20ClN. The summed E-state index contributed by atoms with van der Waals surface area (Å²) in [6.07, 6.45) is 4.20. The van der Waals surface area contributed by atoms with Gasteiger partial charge in [-0.2, -0.15) is 0 Å². The minimum Gasteiger partial charge on any atom is -0.310 e. The summed E-state index contributed by atoms with van der Waals surface area (Å²) in [6, 6.07) is 6.75. The van der Waals surface area contributed by atoms with Crippen LogP contribution in [0.2, 0.25) is 5.02 Å². The van der Waals surface area contributed by atoms with Crippen molar-refractivity contribution < 1.29 is 0 Å². The van der Waals surface area contributed by atoms with Crippen LogP contribution in [-0.2, 0) is 6.54 Å². The molecule has 0 heterocycles. The van der Waals surface area contributed by atoms with Crippen LogP contribution in [0, 0.1) is 12.8 Å². The molecular weight excluding hydrogens is 218 g/mol. The molecule has 0 spiro atoms.